The van der Waals surface area contributed by atoms with Crippen LogP contribution in [0, 0.1) is 0 Å². The minimum atomic E-state index is -0.666. The lowest BCUT2D eigenvalue weighted by atomic mass is 9.82. The van der Waals surface area contributed by atoms with Gasteiger partial charge in [0.1, 0.15) is 5.82 Å². The Morgan fingerprint density at radius 3 is 2.38 bits per heavy atom. The Labute approximate surface area is 156 Å². The molecule has 2 fully saturated rings. The Kier molecular flexibility index (Phi) is 8.27. The van der Waals surface area contributed by atoms with Gasteiger partial charge in [-0.15, -0.1) is 24.8 Å². The Morgan fingerprint density at radius 1 is 1.12 bits per heavy atom. The van der Waals surface area contributed by atoms with Gasteiger partial charge in [-0.2, -0.15) is 0 Å². The first-order chi connectivity index (χ1) is 10.7. The second-order valence-corrected chi connectivity index (χ2v) is 6.62. The van der Waals surface area contributed by atoms with E-state index in [0.717, 1.165) is 50.2 Å². The molecule has 0 spiro atoms. The molecular formula is C17H28Cl2N4O. The first-order valence-corrected chi connectivity index (χ1v) is 8.44. The summed E-state index contributed by atoms with van der Waals surface area (Å²) in [7, 11) is 0. The van der Waals surface area contributed by atoms with Crippen molar-refractivity contribution in [3.05, 3.63) is 23.9 Å². The predicted molar refractivity (Wildman–Crippen MR) is 102 cm³/mol. The van der Waals surface area contributed by atoms with Crippen molar-refractivity contribution in [2.24, 2.45) is 5.73 Å². The van der Waals surface area contributed by atoms with Crippen molar-refractivity contribution in [3.63, 3.8) is 0 Å². The summed E-state index contributed by atoms with van der Waals surface area (Å²) in [5.74, 6) is 1.02. The zero-order chi connectivity index (χ0) is 15.4. The lowest BCUT2D eigenvalue weighted by molar-refractivity contribution is -0.127. The number of carbonyl (C=O) groups is 1. The number of hydrogen-bond donors (Lipinski definition) is 2. The molecule has 2 heterocycles. The summed E-state index contributed by atoms with van der Waals surface area (Å²) in [6, 6.07) is 4.09. The highest BCUT2D eigenvalue weighted by Gasteiger charge is 2.34. The summed E-state index contributed by atoms with van der Waals surface area (Å²) in [6.45, 7) is 2.70. The number of aromatic nitrogens is 1. The molecule has 0 radical (unpaired) electrons. The van der Waals surface area contributed by atoms with Crippen LogP contribution in [0.15, 0.2) is 18.3 Å². The maximum absolute atomic E-state index is 12.3. The molecule has 1 aliphatic carbocycles. The number of nitrogens with zero attached hydrogens (tertiary/aromatic N) is 2. The zero-order valence-electron chi connectivity index (χ0n) is 14.0. The summed E-state index contributed by atoms with van der Waals surface area (Å²) in [5.41, 5.74) is 6.60. The van der Waals surface area contributed by atoms with Crippen LogP contribution in [0.4, 0.5) is 5.82 Å². The lowest BCUT2D eigenvalue weighted by Gasteiger charge is -2.31. The zero-order valence-corrected chi connectivity index (χ0v) is 15.6. The molecule has 24 heavy (non-hydrogen) atoms. The molecule has 2 aliphatic rings. The van der Waals surface area contributed by atoms with E-state index in [1.54, 1.807) is 0 Å². The minimum absolute atomic E-state index is 0. The fraction of sp³-hybridized carbons (Fsp3) is 0.647. The van der Waals surface area contributed by atoms with Crippen LogP contribution in [-0.4, -0.2) is 29.5 Å². The summed E-state index contributed by atoms with van der Waals surface area (Å²) in [6.07, 6.45) is 9.24. The van der Waals surface area contributed by atoms with Crippen molar-refractivity contribution in [3.8, 4) is 0 Å². The predicted octanol–water partition coefficient (Wildman–Crippen LogP) is 2.80. The third-order valence-corrected chi connectivity index (χ3v) is 4.89. The van der Waals surface area contributed by atoms with E-state index in [0.29, 0.717) is 6.54 Å². The largest absolute Gasteiger partial charge is 0.357 e. The molecule has 0 bridgehead atoms. The average molecular weight is 375 g/mol. The van der Waals surface area contributed by atoms with E-state index < -0.39 is 5.54 Å². The number of pyridine rings is 1. The van der Waals surface area contributed by atoms with Gasteiger partial charge in [-0.1, -0.05) is 25.3 Å². The summed E-state index contributed by atoms with van der Waals surface area (Å²) >= 11 is 0. The van der Waals surface area contributed by atoms with Gasteiger partial charge in [0, 0.05) is 25.8 Å². The van der Waals surface area contributed by atoms with E-state index in [2.05, 4.69) is 15.2 Å². The van der Waals surface area contributed by atoms with Gasteiger partial charge < -0.3 is 16.0 Å². The molecule has 1 aromatic rings. The molecular weight excluding hydrogens is 347 g/mol. The van der Waals surface area contributed by atoms with Gasteiger partial charge in [-0.3, -0.25) is 4.79 Å². The smallest absolute Gasteiger partial charge is 0.240 e. The van der Waals surface area contributed by atoms with E-state index >= 15 is 0 Å². The topological polar surface area (TPSA) is 71.2 Å². The fourth-order valence-electron chi connectivity index (χ4n) is 3.42. The van der Waals surface area contributed by atoms with Gasteiger partial charge in [0.2, 0.25) is 5.91 Å². The average Bonchev–Trinajstić information content (AvgIpc) is 3.08. The Morgan fingerprint density at radius 2 is 1.79 bits per heavy atom. The highest BCUT2D eigenvalue weighted by molar-refractivity contribution is 5.86. The molecule has 1 saturated carbocycles. The van der Waals surface area contributed by atoms with Crippen LogP contribution in [0.25, 0.3) is 0 Å². The SMILES string of the molecule is Cl.Cl.NC1(C(=O)NCc2ccc(N3CCCC3)nc2)CCCCC1. The number of carbonyl (C=O) groups excluding carboxylic acids is 1. The summed E-state index contributed by atoms with van der Waals surface area (Å²) in [4.78, 5) is 19.1. The van der Waals surface area contributed by atoms with Gasteiger partial charge in [0.15, 0.2) is 0 Å². The van der Waals surface area contributed by atoms with Crippen LogP contribution in [0.3, 0.4) is 0 Å². The van der Waals surface area contributed by atoms with Crippen molar-refractivity contribution in [2.45, 2.75) is 57.0 Å². The molecule has 1 saturated heterocycles. The Hall–Kier alpha value is -1.04. The molecule has 3 rings (SSSR count). The second kappa shape index (κ2) is 9.44. The van der Waals surface area contributed by atoms with Crippen LogP contribution < -0.4 is 16.0 Å². The Balaban J connectivity index is 0.00000144. The molecule has 7 heteroatoms. The van der Waals surface area contributed by atoms with Gasteiger partial charge in [-0.25, -0.2) is 4.98 Å². The van der Waals surface area contributed by atoms with Gasteiger partial charge in [0.25, 0.3) is 0 Å². The third kappa shape index (κ3) is 4.98. The number of nitrogens with one attached hydrogen (secondary N) is 1. The van der Waals surface area contributed by atoms with Gasteiger partial charge in [-0.05, 0) is 37.3 Å². The molecule has 3 N–H and O–H groups in total. The van der Waals surface area contributed by atoms with E-state index in [4.69, 9.17) is 5.73 Å². The summed E-state index contributed by atoms with van der Waals surface area (Å²) in [5, 5.41) is 2.98. The van der Waals surface area contributed by atoms with Crippen LogP contribution >= 0.6 is 24.8 Å². The van der Waals surface area contributed by atoms with Crippen molar-refractivity contribution < 1.29 is 4.79 Å². The molecule has 136 valence electrons. The standard InChI is InChI=1S/C17H26N4O.2ClH/c18-17(8-2-1-3-9-17)16(22)20-13-14-6-7-15(19-12-14)21-10-4-5-11-21;;/h6-7,12H,1-5,8-11,13,18H2,(H,20,22);2*1H. The van der Waals surface area contributed by atoms with Crippen LogP contribution in [0.5, 0.6) is 0 Å². The monoisotopic (exact) mass is 374 g/mol. The molecule has 1 amide bonds. The highest BCUT2D eigenvalue weighted by Crippen LogP contribution is 2.26. The van der Waals surface area contributed by atoms with Crippen molar-refractivity contribution in [1.82, 2.24) is 10.3 Å². The minimum Gasteiger partial charge on any atom is -0.357 e. The number of nitrogens with two attached hydrogens (primary N) is 1. The maximum Gasteiger partial charge on any atom is 0.240 e. The molecule has 0 atom stereocenters. The van der Waals surface area contributed by atoms with Gasteiger partial charge in [0.05, 0.1) is 5.54 Å². The number of anilines is 1. The first-order valence-electron chi connectivity index (χ1n) is 8.44. The molecule has 0 unspecified atom stereocenters. The highest BCUT2D eigenvalue weighted by atomic mass is 35.5. The van der Waals surface area contributed by atoms with Crippen LogP contribution in [0.2, 0.25) is 0 Å². The number of rotatable bonds is 4. The van der Waals surface area contributed by atoms with E-state index in [-0.39, 0.29) is 30.7 Å². The van der Waals surface area contributed by atoms with Crippen molar-refractivity contribution in [2.75, 3.05) is 18.0 Å². The van der Waals surface area contributed by atoms with Crippen LogP contribution in [0.1, 0.15) is 50.5 Å². The molecule has 1 aromatic heterocycles. The van der Waals surface area contributed by atoms with E-state index in [9.17, 15) is 4.79 Å². The number of amides is 1. The van der Waals surface area contributed by atoms with E-state index in [1.807, 2.05) is 18.3 Å². The summed E-state index contributed by atoms with van der Waals surface area (Å²) < 4.78 is 0. The van der Waals surface area contributed by atoms with Crippen LogP contribution in [-0.2, 0) is 11.3 Å². The number of hydrogen-bond acceptors (Lipinski definition) is 4. The molecule has 5 nitrogen and oxygen atoms in total. The first kappa shape index (κ1) is 21.0. The molecule has 0 aromatic carbocycles. The van der Waals surface area contributed by atoms with Gasteiger partial charge >= 0.3 is 0 Å². The van der Waals surface area contributed by atoms with Crippen molar-refractivity contribution >= 4 is 36.5 Å². The second-order valence-electron chi connectivity index (χ2n) is 6.62. The van der Waals surface area contributed by atoms with Crippen molar-refractivity contribution in [1.29, 1.82) is 0 Å². The Bertz CT molecular complexity index is 512. The quantitative estimate of drug-likeness (QED) is 0.849. The molecule has 1 aliphatic heterocycles. The normalized spacial score (nSPS) is 19.1. The van der Waals surface area contributed by atoms with E-state index in [1.165, 1.54) is 19.3 Å². The fourth-order valence-corrected chi connectivity index (χ4v) is 3.42. The number of halogens is 2. The third-order valence-electron chi connectivity index (χ3n) is 4.89. The maximum atomic E-state index is 12.3. The lowest BCUT2D eigenvalue weighted by Crippen LogP contribution is -2.54.